The van der Waals surface area contributed by atoms with Crippen LogP contribution in [-0.2, 0) is 0 Å². The minimum Gasteiger partial charge on any atom is -0.0616 e. The molecule has 0 fully saturated rings. The van der Waals surface area contributed by atoms with Crippen LogP contribution in [-0.4, -0.2) is 0 Å². The van der Waals surface area contributed by atoms with Gasteiger partial charge in [0.15, 0.2) is 0 Å². The highest BCUT2D eigenvalue weighted by atomic mass is 14.3. The first-order valence-electron chi connectivity index (χ1n) is 20.0. The van der Waals surface area contributed by atoms with Gasteiger partial charge in [-0.15, -0.1) is 0 Å². The molecule has 0 bridgehead atoms. The number of hydrogen-bond donors (Lipinski definition) is 0. The normalized spacial score (nSPS) is 12.8. The van der Waals surface area contributed by atoms with E-state index in [1.54, 1.807) is 0 Å². The van der Waals surface area contributed by atoms with Crippen LogP contribution in [0.1, 0.15) is 155 Å². The zero-order chi connectivity index (χ0) is 37.8. The zero-order valence-corrected chi connectivity index (χ0v) is 32.5. The highest BCUT2D eigenvalue weighted by molar-refractivity contribution is 6.09. The molecule has 0 heteroatoms. The number of benzene rings is 6. The molecule has 50 heavy (non-hydrogen) atoms. The van der Waals surface area contributed by atoms with E-state index in [0.29, 0.717) is 23.9 Å². The molecular formula is C50H58. The standard InChI is InChI=1S/C50H58/c1-29(2)37-23-43(31(5)6)49(44(24-37)32(7)8)39-21-35-17-13-15-19-41(35)47(27-39)48-28-40(22-36-18-14-16-20-42(36)48)50-45(33(9)10)25-38(30(3)4)26-46(50)34(11)12/h13-34H,1-12H3/i27D,28D. The average molecular weight is 661 g/mol. The summed E-state index contributed by atoms with van der Waals surface area (Å²) in [7, 11) is 0. The van der Waals surface area contributed by atoms with Crippen molar-refractivity contribution in [3.05, 3.63) is 130 Å². The second kappa shape index (κ2) is 14.2. The van der Waals surface area contributed by atoms with E-state index in [1.165, 1.54) is 44.5 Å². The van der Waals surface area contributed by atoms with Gasteiger partial charge >= 0.3 is 0 Å². The van der Waals surface area contributed by atoms with Crippen molar-refractivity contribution in [2.45, 2.75) is 119 Å². The van der Waals surface area contributed by atoms with Crippen LogP contribution >= 0.6 is 0 Å². The maximum absolute atomic E-state index is 10.3. The molecular weight excluding hydrogens is 601 g/mol. The van der Waals surface area contributed by atoms with Crippen molar-refractivity contribution < 1.29 is 2.74 Å². The molecule has 0 amide bonds. The monoisotopic (exact) mass is 660 g/mol. The molecule has 0 heterocycles. The molecule has 0 saturated carbocycles. The van der Waals surface area contributed by atoms with Gasteiger partial charge in [-0.25, -0.2) is 0 Å². The molecule has 6 aromatic rings. The van der Waals surface area contributed by atoms with Crippen LogP contribution in [0.5, 0.6) is 0 Å². The fourth-order valence-corrected chi connectivity index (χ4v) is 7.69. The van der Waals surface area contributed by atoms with Crippen LogP contribution in [0.3, 0.4) is 0 Å². The van der Waals surface area contributed by atoms with Gasteiger partial charge in [0, 0.05) is 0 Å². The maximum Gasteiger partial charge on any atom is 0.0636 e. The third-order valence-electron chi connectivity index (χ3n) is 10.6. The van der Waals surface area contributed by atoms with E-state index >= 15 is 0 Å². The van der Waals surface area contributed by atoms with Crippen LogP contribution in [0.4, 0.5) is 0 Å². The summed E-state index contributed by atoms with van der Waals surface area (Å²) in [6.45, 7) is 27.3. The molecule has 0 atom stereocenters. The molecule has 0 aliphatic carbocycles. The van der Waals surface area contributed by atoms with Gasteiger partial charge in [-0.05, 0) is 148 Å². The van der Waals surface area contributed by atoms with Crippen molar-refractivity contribution in [1.82, 2.24) is 0 Å². The Labute approximate surface area is 305 Å². The summed E-state index contributed by atoms with van der Waals surface area (Å²) in [6, 6.07) is 32.1. The third kappa shape index (κ3) is 6.67. The predicted molar refractivity (Wildman–Crippen MR) is 222 cm³/mol. The van der Waals surface area contributed by atoms with E-state index < -0.39 is 0 Å². The Morgan fingerprint density at radius 1 is 0.380 bits per heavy atom. The second-order valence-electron chi connectivity index (χ2n) is 16.4. The van der Waals surface area contributed by atoms with E-state index in [-0.39, 0.29) is 23.7 Å². The Bertz CT molecular complexity index is 2060. The second-order valence-corrected chi connectivity index (χ2v) is 16.4. The molecule has 0 unspecified atom stereocenters. The molecule has 0 aromatic heterocycles. The van der Waals surface area contributed by atoms with E-state index in [0.717, 1.165) is 43.8 Å². The number of hydrogen-bond acceptors (Lipinski definition) is 0. The van der Waals surface area contributed by atoms with E-state index in [4.69, 9.17) is 0 Å². The molecule has 0 radical (unpaired) electrons. The molecule has 0 N–H and O–H groups in total. The van der Waals surface area contributed by atoms with Crippen molar-refractivity contribution in [2.24, 2.45) is 0 Å². The lowest BCUT2D eigenvalue weighted by molar-refractivity contribution is 0.807. The minimum absolute atomic E-state index is 0.286. The summed E-state index contributed by atoms with van der Waals surface area (Å²) in [5.74, 6) is 1.96. The van der Waals surface area contributed by atoms with Gasteiger partial charge in [0.2, 0.25) is 0 Å². The molecule has 0 aliphatic rings. The van der Waals surface area contributed by atoms with Crippen LogP contribution < -0.4 is 0 Å². The zero-order valence-electron chi connectivity index (χ0n) is 34.5. The summed E-state index contributed by atoms with van der Waals surface area (Å²) in [5, 5.41) is 4.24. The van der Waals surface area contributed by atoms with Gasteiger partial charge in [0.1, 0.15) is 0 Å². The topological polar surface area (TPSA) is 0 Å². The first-order chi connectivity index (χ1) is 24.6. The van der Waals surface area contributed by atoms with Crippen LogP contribution in [0, 0.1) is 0 Å². The highest BCUT2D eigenvalue weighted by Gasteiger charge is 2.23. The fourth-order valence-electron chi connectivity index (χ4n) is 7.69. The summed E-state index contributed by atoms with van der Waals surface area (Å²) < 4.78 is 20.6. The quantitative estimate of drug-likeness (QED) is 0.145. The summed E-state index contributed by atoms with van der Waals surface area (Å²) in [6.07, 6.45) is 0. The minimum atomic E-state index is 0.286. The molecule has 6 rings (SSSR count). The Hall–Kier alpha value is -4.16. The summed E-state index contributed by atoms with van der Waals surface area (Å²) in [4.78, 5) is 0. The smallest absolute Gasteiger partial charge is 0.0616 e. The lowest BCUT2D eigenvalue weighted by atomic mass is 9.79. The molecule has 0 spiro atoms. The van der Waals surface area contributed by atoms with Crippen LogP contribution in [0.2, 0.25) is 0 Å². The van der Waals surface area contributed by atoms with Crippen molar-refractivity contribution in [1.29, 1.82) is 0 Å². The predicted octanol–water partition coefficient (Wildman–Crippen LogP) is 15.7. The van der Waals surface area contributed by atoms with Gasteiger partial charge in [-0.3, -0.25) is 0 Å². The fraction of sp³-hybridized carbons (Fsp3) is 0.360. The Balaban J connectivity index is 1.81. The molecule has 0 nitrogen and oxygen atoms in total. The van der Waals surface area contributed by atoms with Gasteiger partial charge in [0.05, 0.1) is 2.74 Å². The molecule has 6 aromatic carbocycles. The van der Waals surface area contributed by atoms with Crippen molar-refractivity contribution in [3.63, 3.8) is 0 Å². The van der Waals surface area contributed by atoms with Gasteiger partial charge in [-0.2, -0.15) is 0 Å². The number of fused-ring (bicyclic) bond motifs is 2. The van der Waals surface area contributed by atoms with E-state index in [1.807, 2.05) is 0 Å². The SMILES string of the molecule is [2H]c1c(-c2c(C(C)C)cc(C(C)C)cc2C(C)C)cc2ccccc2c1-c1c([2H])c(-c2c(C(C)C)cc(C(C)C)cc2C(C)C)cc2ccccc12. The Kier molecular flexibility index (Phi) is 9.39. The van der Waals surface area contributed by atoms with Crippen LogP contribution in [0.15, 0.2) is 97.0 Å². The summed E-state index contributed by atoms with van der Waals surface area (Å²) in [5.41, 5.74) is 13.9. The first kappa shape index (κ1) is 33.0. The maximum atomic E-state index is 10.3. The first-order valence-corrected chi connectivity index (χ1v) is 19.0. The van der Waals surface area contributed by atoms with E-state index in [9.17, 15) is 2.74 Å². The lowest BCUT2D eigenvalue weighted by Gasteiger charge is -2.25. The summed E-state index contributed by atoms with van der Waals surface area (Å²) >= 11 is 0. The van der Waals surface area contributed by atoms with Crippen molar-refractivity contribution in [3.8, 4) is 33.4 Å². The largest absolute Gasteiger partial charge is 0.0636 e. The average Bonchev–Trinajstić information content (AvgIpc) is 3.10. The third-order valence-corrected chi connectivity index (χ3v) is 10.6. The van der Waals surface area contributed by atoms with Gasteiger partial charge in [-0.1, -0.05) is 156 Å². The molecule has 258 valence electrons. The van der Waals surface area contributed by atoms with Gasteiger partial charge < -0.3 is 0 Å². The molecule has 0 saturated heterocycles. The number of rotatable bonds is 9. The molecule has 0 aliphatic heterocycles. The Morgan fingerprint density at radius 2 is 0.680 bits per heavy atom. The van der Waals surface area contributed by atoms with Crippen molar-refractivity contribution in [2.75, 3.05) is 0 Å². The lowest BCUT2D eigenvalue weighted by Crippen LogP contribution is -2.04. The van der Waals surface area contributed by atoms with Crippen molar-refractivity contribution >= 4 is 21.5 Å². The highest BCUT2D eigenvalue weighted by Crippen LogP contribution is 2.46. The van der Waals surface area contributed by atoms with E-state index in [2.05, 4.69) is 168 Å². The Morgan fingerprint density at radius 3 is 0.960 bits per heavy atom. The van der Waals surface area contributed by atoms with Crippen LogP contribution in [0.25, 0.3) is 54.9 Å². The van der Waals surface area contributed by atoms with Gasteiger partial charge in [0.25, 0.3) is 0 Å².